The summed E-state index contributed by atoms with van der Waals surface area (Å²) in [6, 6.07) is 13.6. The molecule has 0 aliphatic carbocycles. The molecule has 1 amide bonds. The zero-order valence-corrected chi connectivity index (χ0v) is 20.9. The van der Waals surface area contributed by atoms with Crippen LogP contribution in [-0.2, 0) is 13.0 Å². The number of nitrogens with one attached hydrogen (secondary N) is 1. The summed E-state index contributed by atoms with van der Waals surface area (Å²) in [5.74, 6) is 0.442. The summed E-state index contributed by atoms with van der Waals surface area (Å²) in [4.78, 5) is 25.6. The van der Waals surface area contributed by atoms with E-state index in [-0.39, 0.29) is 5.91 Å². The molecular formula is C28H34N4O2. The maximum absolute atomic E-state index is 12.8. The highest BCUT2D eigenvalue weighted by atomic mass is 16.5. The number of amides is 1. The van der Waals surface area contributed by atoms with Crippen molar-refractivity contribution in [1.29, 1.82) is 0 Å². The molecule has 3 aromatic rings. The molecule has 34 heavy (non-hydrogen) atoms. The number of methoxy groups -OCH3 is 1. The van der Waals surface area contributed by atoms with Gasteiger partial charge in [0.05, 0.1) is 12.8 Å². The maximum atomic E-state index is 12.8. The lowest BCUT2D eigenvalue weighted by Gasteiger charge is -2.13. The van der Waals surface area contributed by atoms with E-state index < -0.39 is 0 Å². The van der Waals surface area contributed by atoms with Crippen molar-refractivity contribution in [2.45, 2.75) is 40.7 Å². The summed E-state index contributed by atoms with van der Waals surface area (Å²) in [6.45, 7) is 8.36. The molecule has 0 aliphatic rings. The van der Waals surface area contributed by atoms with E-state index in [1.54, 1.807) is 32.6 Å². The number of carbonyl (C=O) groups is 1. The minimum Gasteiger partial charge on any atom is -0.481 e. The van der Waals surface area contributed by atoms with Crippen LogP contribution in [0.4, 0.5) is 0 Å². The molecule has 2 aromatic heterocycles. The largest absolute Gasteiger partial charge is 0.481 e. The monoisotopic (exact) mass is 458 g/mol. The van der Waals surface area contributed by atoms with E-state index in [4.69, 9.17) is 4.74 Å². The van der Waals surface area contributed by atoms with Crippen LogP contribution in [0.3, 0.4) is 0 Å². The van der Waals surface area contributed by atoms with Crippen LogP contribution in [-0.4, -0.2) is 36.2 Å². The molecule has 2 heterocycles. The van der Waals surface area contributed by atoms with Crippen LogP contribution >= 0.6 is 0 Å². The van der Waals surface area contributed by atoms with Gasteiger partial charge in [-0.3, -0.25) is 14.8 Å². The van der Waals surface area contributed by atoms with Crippen molar-refractivity contribution in [3.8, 4) is 5.88 Å². The Bertz CT molecular complexity index is 1140. The van der Waals surface area contributed by atoms with E-state index in [0.717, 1.165) is 33.5 Å². The number of nitrogens with zero attached hydrogens (tertiary/aromatic N) is 3. The minimum absolute atomic E-state index is 0.106. The first-order valence-corrected chi connectivity index (χ1v) is 11.4. The number of aliphatic imine (C=N–C) groups is 1. The molecular weight excluding hydrogens is 424 g/mol. The summed E-state index contributed by atoms with van der Waals surface area (Å²) < 4.78 is 5.07. The third kappa shape index (κ3) is 7.10. The van der Waals surface area contributed by atoms with Gasteiger partial charge in [0, 0.05) is 49.4 Å². The molecule has 0 unspecified atom stereocenters. The number of pyridine rings is 2. The number of ether oxygens (including phenoxy) is 1. The molecule has 6 nitrogen and oxygen atoms in total. The van der Waals surface area contributed by atoms with E-state index in [2.05, 4.69) is 32.4 Å². The standard InChI is InChI=1S/C26H28N4O2.C2H6/c1-5-21(17-27-3)24-14-19(11-12-28-24)13-22-7-6-8-23(18(22)2)26(31)30-16-20-9-10-25(32-4)29-15-20;1-2/h5-12,14-15,17H,13,16H2,1-4H3,(H,30,31);1-2H3/b21-5+,27-17?;. The number of allylic oxidation sites excluding steroid dienone is 2. The number of carbonyl (C=O) groups excluding carboxylic acids is 1. The van der Waals surface area contributed by atoms with Gasteiger partial charge >= 0.3 is 0 Å². The lowest BCUT2D eigenvalue weighted by atomic mass is 9.96. The van der Waals surface area contributed by atoms with Crippen LogP contribution in [0.5, 0.6) is 5.88 Å². The molecule has 1 N–H and O–H groups in total. The average Bonchev–Trinajstić information content (AvgIpc) is 2.88. The Morgan fingerprint density at radius 3 is 2.56 bits per heavy atom. The predicted molar refractivity (Wildman–Crippen MR) is 140 cm³/mol. The topological polar surface area (TPSA) is 76.5 Å². The Kier molecular flexibility index (Phi) is 10.6. The van der Waals surface area contributed by atoms with Gasteiger partial charge in [-0.15, -0.1) is 0 Å². The molecule has 0 saturated heterocycles. The molecule has 0 spiro atoms. The van der Waals surface area contributed by atoms with Crippen molar-refractivity contribution < 1.29 is 9.53 Å². The molecule has 0 aliphatic heterocycles. The van der Waals surface area contributed by atoms with Gasteiger partial charge in [-0.05, 0) is 60.7 Å². The molecule has 0 bridgehead atoms. The number of hydrogen-bond acceptors (Lipinski definition) is 5. The van der Waals surface area contributed by atoms with Gasteiger partial charge in [-0.2, -0.15) is 0 Å². The first-order valence-electron chi connectivity index (χ1n) is 11.4. The molecule has 3 rings (SSSR count). The lowest BCUT2D eigenvalue weighted by Crippen LogP contribution is -2.24. The second-order valence-corrected chi connectivity index (χ2v) is 7.34. The normalized spacial score (nSPS) is 11.1. The number of hydrogen-bond donors (Lipinski definition) is 1. The van der Waals surface area contributed by atoms with Crippen LogP contribution in [0.15, 0.2) is 65.9 Å². The summed E-state index contributed by atoms with van der Waals surface area (Å²) in [6.07, 6.45) is 8.03. The molecule has 0 radical (unpaired) electrons. The average molecular weight is 459 g/mol. The van der Waals surface area contributed by atoms with Gasteiger partial charge < -0.3 is 10.1 Å². The minimum atomic E-state index is -0.106. The zero-order chi connectivity index (χ0) is 24.9. The van der Waals surface area contributed by atoms with E-state index >= 15 is 0 Å². The first kappa shape index (κ1) is 26.5. The van der Waals surface area contributed by atoms with Gasteiger partial charge in [0.15, 0.2) is 0 Å². The predicted octanol–water partition coefficient (Wildman–Crippen LogP) is 5.44. The third-order valence-electron chi connectivity index (χ3n) is 5.24. The lowest BCUT2D eigenvalue weighted by molar-refractivity contribution is 0.0950. The molecule has 6 heteroatoms. The van der Waals surface area contributed by atoms with Crippen molar-refractivity contribution in [2.24, 2.45) is 4.99 Å². The Labute approximate surface area is 202 Å². The van der Waals surface area contributed by atoms with E-state index in [9.17, 15) is 4.79 Å². The zero-order valence-electron chi connectivity index (χ0n) is 20.9. The first-order chi connectivity index (χ1) is 16.5. The highest BCUT2D eigenvalue weighted by Crippen LogP contribution is 2.20. The highest BCUT2D eigenvalue weighted by Gasteiger charge is 2.12. The quantitative estimate of drug-likeness (QED) is 0.456. The smallest absolute Gasteiger partial charge is 0.251 e. The fourth-order valence-electron chi connectivity index (χ4n) is 3.42. The van der Waals surface area contributed by atoms with Gasteiger partial charge in [0.25, 0.3) is 5.91 Å². The summed E-state index contributed by atoms with van der Waals surface area (Å²) >= 11 is 0. The Morgan fingerprint density at radius 2 is 1.91 bits per heavy atom. The number of rotatable bonds is 8. The van der Waals surface area contributed by atoms with Gasteiger partial charge in [0.2, 0.25) is 5.88 Å². The van der Waals surface area contributed by atoms with Crippen LogP contribution in [0, 0.1) is 6.92 Å². The van der Waals surface area contributed by atoms with Crippen molar-refractivity contribution in [1.82, 2.24) is 15.3 Å². The molecule has 0 atom stereocenters. The van der Waals surface area contributed by atoms with Crippen LogP contribution < -0.4 is 10.1 Å². The van der Waals surface area contributed by atoms with E-state index in [0.29, 0.717) is 24.4 Å². The summed E-state index contributed by atoms with van der Waals surface area (Å²) in [7, 11) is 3.32. The number of aromatic nitrogens is 2. The van der Waals surface area contributed by atoms with Gasteiger partial charge in [-0.25, -0.2) is 4.98 Å². The van der Waals surface area contributed by atoms with Crippen molar-refractivity contribution in [2.75, 3.05) is 14.2 Å². The van der Waals surface area contributed by atoms with Crippen LogP contribution in [0.25, 0.3) is 5.57 Å². The fraction of sp³-hybridized carbons (Fsp3) is 0.286. The Balaban J connectivity index is 0.00000199. The SMILES string of the molecule is C/C=C(\C=NC)c1cc(Cc2cccc(C(=O)NCc3ccc(OC)nc3)c2C)ccn1.CC. The van der Waals surface area contributed by atoms with Crippen molar-refractivity contribution >= 4 is 17.7 Å². The van der Waals surface area contributed by atoms with Gasteiger partial charge in [-0.1, -0.05) is 38.1 Å². The van der Waals surface area contributed by atoms with E-state index in [1.807, 2.05) is 64.2 Å². The van der Waals surface area contributed by atoms with E-state index in [1.165, 1.54) is 0 Å². The van der Waals surface area contributed by atoms with Crippen molar-refractivity contribution in [3.63, 3.8) is 0 Å². The fourth-order valence-corrected chi connectivity index (χ4v) is 3.42. The summed E-state index contributed by atoms with van der Waals surface area (Å²) in [5, 5.41) is 2.98. The molecule has 1 aromatic carbocycles. The third-order valence-corrected chi connectivity index (χ3v) is 5.24. The molecule has 178 valence electrons. The van der Waals surface area contributed by atoms with Crippen LogP contribution in [0.2, 0.25) is 0 Å². The Morgan fingerprint density at radius 1 is 1.12 bits per heavy atom. The Hall–Kier alpha value is -3.80. The molecule has 0 fully saturated rings. The second kappa shape index (κ2) is 13.7. The maximum Gasteiger partial charge on any atom is 0.251 e. The second-order valence-electron chi connectivity index (χ2n) is 7.34. The van der Waals surface area contributed by atoms with Crippen molar-refractivity contribution in [3.05, 3.63) is 94.4 Å². The summed E-state index contributed by atoms with van der Waals surface area (Å²) in [5.41, 5.74) is 6.65. The van der Waals surface area contributed by atoms with Crippen LogP contribution in [0.1, 0.15) is 59.1 Å². The molecule has 0 saturated carbocycles. The van der Waals surface area contributed by atoms with Gasteiger partial charge in [0.1, 0.15) is 0 Å². The highest BCUT2D eigenvalue weighted by molar-refractivity contribution is 6.08. The number of benzene rings is 1.